The second-order valence-corrected chi connectivity index (χ2v) is 7.86. The molecule has 1 aliphatic heterocycles. The minimum atomic E-state index is -3.59. The number of nitrogens with one attached hydrogen (secondary N) is 1. The van der Waals surface area contributed by atoms with Crippen molar-refractivity contribution < 1.29 is 8.42 Å². The molecule has 1 N–H and O–H groups in total. The molecule has 2 aromatic heterocycles. The number of aryl methyl sites for hydroxylation is 1. The molecular weight excluding hydrogens is 336 g/mol. The summed E-state index contributed by atoms with van der Waals surface area (Å²) in [6.45, 7) is 3.17. The van der Waals surface area contributed by atoms with Crippen molar-refractivity contribution >= 4 is 26.5 Å². The van der Waals surface area contributed by atoms with Gasteiger partial charge in [0.2, 0.25) is 10.0 Å². The first-order chi connectivity index (χ1) is 12.0. The number of pyridine rings is 2. The first kappa shape index (κ1) is 16.0. The third-order valence-corrected chi connectivity index (χ3v) is 6.06. The molecule has 25 heavy (non-hydrogen) atoms. The summed E-state index contributed by atoms with van der Waals surface area (Å²) < 4.78 is 28.5. The van der Waals surface area contributed by atoms with Crippen LogP contribution >= 0.6 is 0 Å². The van der Waals surface area contributed by atoms with Crippen LogP contribution in [0.2, 0.25) is 0 Å². The number of fused-ring (bicyclic) bond motifs is 1. The second-order valence-electron chi connectivity index (χ2n) is 6.18. The monoisotopic (exact) mass is 354 g/mol. The van der Waals surface area contributed by atoms with Crippen LogP contribution in [0.3, 0.4) is 0 Å². The molecule has 0 bridgehead atoms. The van der Waals surface area contributed by atoms with Crippen LogP contribution in [0.5, 0.6) is 0 Å². The predicted molar refractivity (Wildman–Crippen MR) is 97.0 cm³/mol. The van der Waals surface area contributed by atoms with Gasteiger partial charge in [-0.05, 0) is 31.2 Å². The number of hydrogen-bond acceptors (Lipinski definition) is 5. The molecule has 0 radical (unpaired) electrons. The van der Waals surface area contributed by atoms with Crippen molar-refractivity contribution in [2.24, 2.45) is 0 Å². The third-order valence-electron chi connectivity index (χ3n) is 4.49. The molecule has 0 atom stereocenters. The van der Waals surface area contributed by atoms with Crippen molar-refractivity contribution in [3.63, 3.8) is 0 Å². The van der Waals surface area contributed by atoms with E-state index >= 15 is 0 Å². The van der Waals surface area contributed by atoms with Crippen molar-refractivity contribution in [1.29, 1.82) is 0 Å². The maximum Gasteiger partial charge on any atom is 0.241 e. The van der Waals surface area contributed by atoms with E-state index in [1.807, 2.05) is 25.1 Å². The Kier molecular flexibility index (Phi) is 3.89. The SMILES string of the molecule is Cc1nccc2c(S(=O)(=O)NC3CN(c4ccncc4)C3)cccc12. The molecule has 0 unspecified atom stereocenters. The number of nitrogens with zero attached hydrogens (tertiary/aromatic N) is 3. The van der Waals surface area contributed by atoms with Gasteiger partial charge in [0.25, 0.3) is 0 Å². The van der Waals surface area contributed by atoms with Crippen molar-refractivity contribution in [3.05, 3.63) is 60.7 Å². The molecule has 1 aliphatic rings. The van der Waals surface area contributed by atoms with Gasteiger partial charge in [0.05, 0.1) is 10.9 Å². The maximum atomic E-state index is 12.8. The Hall–Kier alpha value is -2.51. The van der Waals surface area contributed by atoms with Crippen molar-refractivity contribution in [2.75, 3.05) is 18.0 Å². The fourth-order valence-corrected chi connectivity index (χ4v) is 4.60. The van der Waals surface area contributed by atoms with E-state index in [1.54, 1.807) is 36.8 Å². The number of aromatic nitrogens is 2. The molecule has 3 heterocycles. The number of rotatable bonds is 4. The number of benzene rings is 1. The van der Waals surface area contributed by atoms with E-state index in [4.69, 9.17) is 0 Å². The average Bonchev–Trinajstić information content (AvgIpc) is 2.58. The third kappa shape index (κ3) is 2.96. The second kappa shape index (κ2) is 6.09. The smallest absolute Gasteiger partial charge is 0.241 e. The number of hydrogen-bond donors (Lipinski definition) is 1. The molecule has 0 aliphatic carbocycles. The minimum Gasteiger partial charge on any atom is -0.368 e. The highest BCUT2D eigenvalue weighted by Crippen LogP contribution is 2.26. The molecule has 0 spiro atoms. The summed E-state index contributed by atoms with van der Waals surface area (Å²) in [5, 5.41) is 1.56. The zero-order chi connectivity index (χ0) is 17.4. The van der Waals surface area contributed by atoms with E-state index in [0.717, 1.165) is 16.8 Å². The van der Waals surface area contributed by atoms with Crippen LogP contribution in [-0.4, -0.2) is 37.5 Å². The molecule has 0 amide bonds. The molecule has 128 valence electrons. The van der Waals surface area contributed by atoms with Crippen LogP contribution in [0.25, 0.3) is 10.8 Å². The molecule has 3 aromatic rings. The Balaban J connectivity index is 1.55. The average molecular weight is 354 g/mol. The van der Waals surface area contributed by atoms with Crippen LogP contribution in [0.15, 0.2) is 59.9 Å². The minimum absolute atomic E-state index is 0.101. The molecule has 0 saturated carbocycles. The van der Waals surface area contributed by atoms with Gasteiger partial charge in [0, 0.05) is 53.8 Å². The quantitative estimate of drug-likeness (QED) is 0.777. The Labute approximate surface area is 146 Å². The molecule has 1 fully saturated rings. The van der Waals surface area contributed by atoms with E-state index in [1.165, 1.54) is 0 Å². The van der Waals surface area contributed by atoms with Crippen molar-refractivity contribution in [1.82, 2.24) is 14.7 Å². The zero-order valence-corrected chi connectivity index (χ0v) is 14.6. The van der Waals surface area contributed by atoms with Gasteiger partial charge in [-0.25, -0.2) is 13.1 Å². The normalized spacial score (nSPS) is 15.3. The molecule has 1 saturated heterocycles. The summed E-state index contributed by atoms with van der Waals surface area (Å²) in [7, 11) is -3.59. The van der Waals surface area contributed by atoms with Crippen LogP contribution < -0.4 is 9.62 Å². The summed E-state index contributed by atoms with van der Waals surface area (Å²) in [6, 6.07) is 10.8. The summed E-state index contributed by atoms with van der Waals surface area (Å²) >= 11 is 0. The van der Waals surface area contributed by atoms with Gasteiger partial charge >= 0.3 is 0 Å². The lowest BCUT2D eigenvalue weighted by Gasteiger charge is -2.41. The lowest BCUT2D eigenvalue weighted by Crippen LogP contribution is -2.59. The lowest BCUT2D eigenvalue weighted by molar-refractivity contribution is 0.469. The first-order valence-electron chi connectivity index (χ1n) is 8.06. The van der Waals surface area contributed by atoms with Gasteiger partial charge in [0.15, 0.2) is 0 Å². The standard InChI is InChI=1S/C18H18N4O2S/c1-13-16-3-2-4-18(17(16)7-10-20-13)25(23,24)21-14-11-22(12-14)15-5-8-19-9-6-15/h2-10,14,21H,11-12H2,1H3. The highest BCUT2D eigenvalue weighted by Gasteiger charge is 2.31. The summed E-state index contributed by atoms with van der Waals surface area (Å²) in [6.07, 6.45) is 5.11. The lowest BCUT2D eigenvalue weighted by atomic mass is 10.1. The highest BCUT2D eigenvalue weighted by atomic mass is 32.2. The highest BCUT2D eigenvalue weighted by molar-refractivity contribution is 7.89. The first-order valence-corrected chi connectivity index (χ1v) is 9.54. The van der Waals surface area contributed by atoms with E-state index in [-0.39, 0.29) is 6.04 Å². The van der Waals surface area contributed by atoms with Crippen LogP contribution in [-0.2, 0) is 10.0 Å². The van der Waals surface area contributed by atoms with E-state index in [0.29, 0.717) is 23.4 Å². The van der Waals surface area contributed by atoms with E-state index in [9.17, 15) is 8.42 Å². The zero-order valence-electron chi connectivity index (χ0n) is 13.8. The number of sulfonamides is 1. The van der Waals surface area contributed by atoms with Crippen LogP contribution in [0.4, 0.5) is 5.69 Å². The molecule has 1 aromatic carbocycles. The van der Waals surface area contributed by atoms with Gasteiger partial charge in [0.1, 0.15) is 0 Å². The molecule has 4 rings (SSSR count). The van der Waals surface area contributed by atoms with Crippen molar-refractivity contribution in [2.45, 2.75) is 17.9 Å². The van der Waals surface area contributed by atoms with Gasteiger partial charge in [-0.15, -0.1) is 0 Å². The fourth-order valence-electron chi connectivity index (χ4n) is 3.16. The molecular formula is C18H18N4O2S. The van der Waals surface area contributed by atoms with Gasteiger partial charge in [-0.2, -0.15) is 0 Å². The topological polar surface area (TPSA) is 75.2 Å². The Morgan fingerprint density at radius 1 is 1.04 bits per heavy atom. The Morgan fingerprint density at radius 2 is 1.80 bits per heavy atom. The Morgan fingerprint density at radius 3 is 2.56 bits per heavy atom. The molecule has 6 nitrogen and oxygen atoms in total. The largest absolute Gasteiger partial charge is 0.368 e. The van der Waals surface area contributed by atoms with Gasteiger partial charge in [-0.3, -0.25) is 9.97 Å². The van der Waals surface area contributed by atoms with E-state index in [2.05, 4.69) is 19.6 Å². The summed E-state index contributed by atoms with van der Waals surface area (Å²) in [5.74, 6) is 0. The predicted octanol–water partition coefficient (Wildman–Crippen LogP) is 2.11. The van der Waals surface area contributed by atoms with E-state index < -0.39 is 10.0 Å². The summed E-state index contributed by atoms with van der Waals surface area (Å²) in [5.41, 5.74) is 1.87. The van der Waals surface area contributed by atoms with Gasteiger partial charge in [-0.1, -0.05) is 12.1 Å². The van der Waals surface area contributed by atoms with Gasteiger partial charge < -0.3 is 4.90 Å². The number of anilines is 1. The van der Waals surface area contributed by atoms with Crippen LogP contribution in [0, 0.1) is 6.92 Å². The Bertz CT molecular complexity index is 1020. The fraction of sp³-hybridized carbons (Fsp3) is 0.222. The maximum absolute atomic E-state index is 12.8. The van der Waals surface area contributed by atoms with Crippen LogP contribution in [0.1, 0.15) is 5.69 Å². The molecule has 7 heteroatoms. The van der Waals surface area contributed by atoms with Crippen molar-refractivity contribution in [3.8, 4) is 0 Å². The summed E-state index contributed by atoms with van der Waals surface area (Å²) in [4.78, 5) is 10.7.